The molecule has 3 aromatic rings. The van der Waals surface area contributed by atoms with Crippen LogP contribution in [0.5, 0.6) is 0 Å². The summed E-state index contributed by atoms with van der Waals surface area (Å²) >= 11 is 6.07. The molecule has 0 aliphatic rings. The van der Waals surface area contributed by atoms with Crippen LogP contribution in [0.1, 0.15) is 21.5 Å². The Labute approximate surface area is 137 Å². The lowest BCUT2D eigenvalue weighted by Crippen LogP contribution is -1.95. The summed E-state index contributed by atoms with van der Waals surface area (Å²) in [5.41, 5.74) is 7.89. The quantitative estimate of drug-likeness (QED) is 0.751. The van der Waals surface area contributed by atoms with Gasteiger partial charge >= 0.3 is 5.97 Å². The molecule has 1 aromatic heterocycles. The molecular formula is C18H13ClN2O2. The van der Waals surface area contributed by atoms with Gasteiger partial charge < -0.3 is 10.8 Å². The molecule has 5 heteroatoms. The maximum Gasteiger partial charge on any atom is 0.335 e. The van der Waals surface area contributed by atoms with E-state index < -0.39 is 5.97 Å². The van der Waals surface area contributed by atoms with E-state index in [0.717, 1.165) is 21.9 Å². The molecule has 3 rings (SSSR count). The average Bonchev–Trinajstić information content (AvgIpc) is 2.54. The highest BCUT2D eigenvalue weighted by Gasteiger charge is 2.05. The van der Waals surface area contributed by atoms with Gasteiger partial charge in [-0.1, -0.05) is 42.0 Å². The van der Waals surface area contributed by atoms with Crippen LogP contribution in [0.25, 0.3) is 22.9 Å². The fraction of sp³-hybridized carbons (Fsp3) is 0. The molecule has 0 saturated carbocycles. The van der Waals surface area contributed by atoms with E-state index >= 15 is 0 Å². The number of halogens is 1. The van der Waals surface area contributed by atoms with Crippen molar-refractivity contribution in [2.24, 2.45) is 0 Å². The third kappa shape index (κ3) is 3.17. The van der Waals surface area contributed by atoms with Gasteiger partial charge in [-0.25, -0.2) is 9.78 Å². The number of fused-ring (bicyclic) bond motifs is 1. The van der Waals surface area contributed by atoms with Crippen LogP contribution in [-0.4, -0.2) is 16.1 Å². The number of nitrogens with two attached hydrogens (primary N) is 1. The number of carbonyl (C=O) groups is 1. The number of benzene rings is 2. The Balaban J connectivity index is 2.01. The molecule has 0 bridgehead atoms. The number of anilines is 1. The van der Waals surface area contributed by atoms with Crippen molar-refractivity contribution < 1.29 is 9.90 Å². The first kappa shape index (κ1) is 15.1. The van der Waals surface area contributed by atoms with Gasteiger partial charge in [-0.15, -0.1) is 0 Å². The third-order valence-electron chi connectivity index (χ3n) is 3.52. The molecule has 0 saturated heterocycles. The van der Waals surface area contributed by atoms with Crippen molar-refractivity contribution in [1.82, 2.24) is 4.98 Å². The molecule has 1 heterocycles. The Bertz CT molecular complexity index is 913. The second-order valence-electron chi connectivity index (χ2n) is 5.05. The Morgan fingerprint density at radius 1 is 1.13 bits per heavy atom. The molecule has 0 atom stereocenters. The van der Waals surface area contributed by atoms with Gasteiger partial charge in [0.15, 0.2) is 0 Å². The van der Waals surface area contributed by atoms with E-state index in [9.17, 15) is 4.79 Å². The zero-order valence-electron chi connectivity index (χ0n) is 12.0. The fourth-order valence-corrected chi connectivity index (χ4v) is 2.48. The van der Waals surface area contributed by atoms with Gasteiger partial charge in [0.1, 0.15) is 5.82 Å². The molecule has 0 aliphatic carbocycles. The zero-order valence-corrected chi connectivity index (χ0v) is 12.8. The van der Waals surface area contributed by atoms with Crippen molar-refractivity contribution in [3.05, 3.63) is 70.4 Å². The van der Waals surface area contributed by atoms with Gasteiger partial charge in [0.25, 0.3) is 0 Å². The van der Waals surface area contributed by atoms with Crippen LogP contribution in [0.2, 0.25) is 5.02 Å². The predicted octanol–water partition coefficient (Wildman–Crippen LogP) is 4.34. The van der Waals surface area contributed by atoms with Crippen molar-refractivity contribution in [1.29, 1.82) is 0 Å². The highest BCUT2D eigenvalue weighted by atomic mass is 35.5. The predicted molar refractivity (Wildman–Crippen MR) is 93.5 cm³/mol. The summed E-state index contributed by atoms with van der Waals surface area (Å²) in [4.78, 5) is 15.1. The van der Waals surface area contributed by atoms with Crippen LogP contribution in [0.15, 0.2) is 48.7 Å². The van der Waals surface area contributed by atoms with Gasteiger partial charge in [-0.05, 0) is 35.2 Å². The maximum atomic E-state index is 10.9. The van der Waals surface area contributed by atoms with Crippen molar-refractivity contribution in [3.8, 4) is 0 Å². The van der Waals surface area contributed by atoms with Crippen LogP contribution in [0.4, 0.5) is 5.82 Å². The summed E-state index contributed by atoms with van der Waals surface area (Å²) < 4.78 is 0. The number of carboxylic acids is 1. The minimum atomic E-state index is -0.947. The molecule has 0 radical (unpaired) electrons. The topological polar surface area (TPSA) is 76.2 Å². The first-order valence-corrected chi connectivity index (χ1v) is 7.27. The number of carboxylic acid groups (broad SMARTS) is 1. The second-order valence-corrected chi connectivity index (χ2v) is 5.49. The van der Waals surface area contributed by atoms with E-state index in [-0.39, 0.29) is 5.56 Å². The average molecular weight is 325 g/mol. The lowest BCUT2D eigenvalue weighted by Gasteiger charge is -2.06. The molecule has 0 spiro atoms. The van der Waals surface area contributed by atoms with Crippen molar-refractivity contribution in [3.63, 3.8) is 0 Å². The lowest BCUT2D eigenvalue weighted by atomic mass is 10.0. The lowest BCUT2D eigenvalue weighted by molar-refractivity contribution is 0.0697. The molecule has 23 heavy (non-hydrogen) atoms. The standard InChI is InChI=1S/C18H13ClN2O2/c19-14-7-6-13-10-21-17(20)15(16(13)9-14)8-3-11-1-4-12(5-2-11)18(22)23/h1-10H,(H2,20,21)(H,22,23)/b8-3+. The number of nitrogens with zero attached hydrogens (tertiary/aromatic N) is 1. The molecule has 3 N–H and O–H groups in total. The van der Waals surface area contributed by atoms with E-state index in [2.05, 4.69) is 4.98 Å². The third-order valence-corrected chi connectivity index (χ3v) is 3.76. The van der Waals surface area contributed by atoms with E-state index in [1.807, 2.05) is 24.3 Å². The second kappa shape index (κ2) is 6.10. The highest BCUT2D eigenvalue weighted by molar-refractivity contribution is 6.31. The van der Waals surface area contributed by atoms with Crippen LogP contribution < -0.4 is 5.73 Å². The van der Waals surface area contributed by atoms with E-state index in [1.165, 1.54) is 0 Å². The normalized spacial score (nSPS) is 11.2. The summed E-state index contributed by atoms with van der Waals surface area (Å²) in [6.07, 6.45) is 5.43. The first-order valence-electron chi connectivity index (χ1n) is 6.90. The number of hydrogen-bond donors (Lipinski definition) is 2. The summed E-state index contributed by atoms with van der Waals surface area (Å²) in [5.74, 6) is -0.532. The van der Waals surface area contributed by atoms with Gasteiger partial charge in [0.2, 0.25) is 0 Å². The number of nitrogen functional groups attached to an aromatic ring is 1. The molecule has 0 amide bonds. The molecule has 0 aliphatic heterocycles. The number of rotatable bonds is 3. The number of aromatic nitrogens is 1. The Morgan fingerprint density at radius 3 is 2.57 bits per heavy atom. The molecule has 0 fully saturated rings. The Hall–Kier alpha value is -2.85. The SMILES string of the molecule is Nc1ncc2ccc(Cl)cc2c1/C=C/c1ccc(C(=O)O)cc1. The number of aromatic carboxylic acids is 1. The van der Waals surface area contributed by atoms with E-state index in [0.29, 0.717) is 10.8 Å². The monoisotopic (exact) mass is 324 g/mol. The minimum Gasteiger partial charge on any atom is -0.478 e. The molecule has 2 aromatic carbocycles. The summed E-state index contributed by atoms with van der Waals surface area (Å²) in [6.45, 7) is 0. The Morgan fingerprint density at radius 2 is 1.87 bits per heavy atom. The fourth-order valence-electron chi connectivity index (χ4n) is 2.31. The molecular weight excluding hydrogens is 312 g/mol. The van der Waals surface area contributed by atoms with Crippen molar-refractivity contribution in [2.75, 3.05) is 5.73 Å². The zero-order chi connectivity index (χ0) is 16.4. The molecule has 0 unspecified atom stereocenters. The maximum absolute atomic E-state index is 10.9. The van der Waals surface area contributed by atoms with Gasteiger partial charge in [-0.2, -0.15) is 0 Å². The smallest absolute Gasteiger partial charge is 0.335 e. The van der Waals surface area contributed by atoms with Gasteiger partial charge in [0, 0.05) is 22.2 Å². The van der Waals surface area contributed by atoms with Crippen LogP contribution in [-0.2, 0) is 0 Å². The molecule has 114 valence electrons. The number of hydrogen-bond acceptors (Lipinski definition) is 3. The summed E-state index contributed by atoms with van der Waals surface area (Å²) in [6, 6.07) is 12.1. The van der Waals surface area contributed by atoms with Crippen molar-refractivity contribution >= 4 is 46.3 Å². The number of pyridine rings is 1. The van der Waals surface area contributed by atoms with Crippen LogP contribution in [0, 0.1) is 0 Å². The van der Waals surface area contributed by atoms with E-state index in [1.54, 1.807) is 36.5 Å². The molecule has 4 nitrogen and oxygen atoms in total. The van der Waals surface area contributed by atoms with Gasteiger partial charge in [-0.3, -0.25) is 0 Å². The first-order chi connectivity index (χ1) is 11.0. The summed E-state index contributed by atoms with van der Waals surface area (Å²) in [7, 11) is 0. The van der Waals surface area contributed by atoms with Crippen molar-refractivity contribution in [2.45, 2.75) is 0 Å². The van der Waals surface area contributed by atoms with E-state index in [4.69, 9.17) is 22.4 Å². The minimum absolute atomic E-state index is 0.250. The largest absolute Gasteiger partial charge is 0.478 e. The van der Waals surface area contributed by atoms with Crippen LogP contribution >= 0.6 is 11.6 Å². The highest BCUT2D eigenvalue weighted by Crippen LogP contribution is 2.27. The Kier molecular flexibility index (Phi) is 4.00. The van der Waals surface area contributed by atoms with Crippen LogP contribution in [0.3, 0.4) is 0 Å². The van der Waals surface area contributed by atoms with Gasteiger partial charge in [0.05, 0.1) is 5.56 Å². The summed E-state index contributed by atoms with van der Waals surface area (Å²) in [5, 5.41) is 11.4.